The Morgan fingerprint density at radius 2 is 2.28 bits per heavy atom. The molecule has 0 radical (unpaired) electrons. The number of amides is 2. The highest BCUT2D eigenvalue weighted by Gasteiger charge is 2.27. The van der Waals surface area contributed by atoms with Crippen molar-refractivity contribution in [3.63, 3.8) is 0 Å². The number of aryl methyl sites for hydroxylation is 1. The Hall–Kier alpha value is -3.46. The van der Waals surface area contributed by atoms with Gasteiger partial charge in [-0.1, -0.05) is 6.07 Å². The first-order chi connectivity index (χ1) is 15.6. The predicted octanol–water partition coefficient (Wildman–Crippen LogP) is 4.05. The molecule has 3 aromatic heterocycles. The Balaban J connectivity index is 1.40. The van der Waals surface area contributed by atoms with Crippen LogP contribution in [0.5, 0.6) is 0 Å². The molecule has 0 saturated heterocycles. The Kier molecular flexibility index (Phi) is 6.96. The van der Waals surface area contributed by atoms with Gasteiger partial charge in [-0.15, -0.1) is 11.3 Å². The fourth-order valence-corrected chi connectivity index (χ4v) is 4.80. The molecule has 1 N–H and O–H groups in total. The number of hydrogen-bond acceptors (Lipinski definition) is 7. The number of carbonyl (C=O) groups is 2. The van der Waals surface area contributed by atoms with Crippen molar-refractivity contribution >= 4 is 34.6 Å². The normalized spacial score (nSPS) is 13.2. The topological polar surface area (TPSA) is 97.0 Å². The van der Waals surface area contributed by atoms with E-state index in [0.717, 1.165) is 32.3 Å². The van der Waals surface area contributed by atoms with Gasteiger partial charge in [0.1, 0.15) is 17.4 Å². The van der Waals surface area contributed by atoms with E-state index in [-0.39, 0.29) is 18.6 Å². The number of furan rings is 1. The maximum atomic E-state index is 12.6. The summed E-state index contributed by atoms with van der Waals surface area (Å²) >= 11 is 1.48. The summed E-state index contributed by atoms with van der Waals surface area (Å²) in [7, 11) is 1.71. The number of pyridine rings is 1. The van der Waals surface area contributed by atoms with Gasteiger partial charge in [0.15, 0.2) is 0 Å². The number of aromatic nitrogens is 1. The first-order valence-electron chi connectivity index (χ1n) is 10.3. The summed E-state index contributed by atoms with van der Waals surface area (Å²) in [5, 5.41) is 3.77. The zero-order valence-electron chi connectivity index (χ0n) is 17.7. The van der Waals surface area contributed by atoms with Gasteiger partial charge in [0.05, 0.1) is 12.8 Å². The van der Waals surface area contributed by atoms with E-state index in [4.69, 9.17) is 9.15 Å². The standard InChI is InChI=1S/C23H24N4O4S/c1-24-13-19-18-8-10-27(23(29)31-15-16-4-2-9-25-12-16)14-20(18)32-22(19)26-21(28)7-6-17-5-3-11-30-17/h2-5,9,11-13H,6-8,10,14-15H2,1H3,(H,26,28). The van der Waals surface area contributed by atoms with E-state index in [1.165, 1.54) is 11.3 Å². The number of fused-ring (bicyclic) bond motifs is 1. The molecule has 0 spiro atoms. The zero-order chi connectivity index (χ0) is 22.3. The highest BCUT2D eigenvalue weighted by Crippen LogP contribution is 2.36. The molecule has 0 atom stereocenters. The maximum absolute atomic E-state index is 12.6. The maximum Gasteiger partial charge on any atom is 0.410 e. The number of nitrogens with one attached hydrogen (secondary N) is 1. The second-order valence-corrected chi connectivity index (χ2v) is 8.45. The molecule has 8 nitrogen and oxygen atoms in total. The third kappa shape index (κ3) is 5.23. The van der Waals surface area contributed by atoms with Crippen LogP contribution in [-0.4, -0.2) is 41.7 Å². The molecule has 3 aromatic rings. The van der Waals surface area contributed by atoms with Crippen LogP contribution in [-0.2, 0) is 35.5 Å². The van der Waals surface area contributed by atoms with E-state index in [1.54, 1.807) is 36.8 Å². The second-order valence-electron chi connectivity index (χ2n) is 7.35. The molecule has 0 aliphatic carbocycles. The molecule has 1 aliphatic rings. The van der Waals surface area contributed by atoms with Gasteiger partial charge in [-0.25, -0.2) is 4.79 Å². The van der Waals surface area contributed by atoms with Crippen LogP contribution in [0.3, 0.4) is 0 Å². The van der Waals surface area contributed by atoms with Crippen molar-refractivity contribution in [2.24, 2.45) is 4.99 Å². The van der Waals surface area contributed by atoms with Crippen molar-refractivity contribution in [2.45, 2.75) is 32.4 Å². The van der Waals surface area contributed by atoms with Crippen molar-refractivity contribution < 1.29 is 18.7 Å². The zero-order valence-corrected chi connectivity index (χ0v) is 18.6. The number of nitrogens with zero attached hydrogens (tertiary/aromatic N) is 3. The number of ether oxygens (including phenoxy) is 1. The fourth-order valence-electron chi connectivity index (χ4n) is 3.54. The molecule has 4 heterocycles. The van der Waals surface area contributed by atoms with Crippen molar-refractivity contribution in [1.82, 2.24) is 9.88 Å². The summed E-state index contributed by atoms with van der Waals surface area (Å²) in [6.07, 6.45) is 7.91. The Labute approximate surface area is 189 Å². The van der Waals surface area contributed by atoms with Crippen LogP contribution in [0.4, 0.5) is 9.80 Å². The first kappa shape index (κ1) is 21.8. The molecule has 9 heteroatoms. The number of anilines is 1. The molecule has 0 saturated carbocycles. The van der Waals surface area contributed by atoms with Crippen LogP contribution in [0.1, 0.15) is 33.7 Å². The molecular weight excluding hydrogens is 428 g/mol. The number of hydrogen-bond donors (Lipinski definition) is 1. The highest BCUT2D eigenvalue weighted by molar-refractivity contribution is 7.16. The molecule has 1 aliphatic heterocycles. The van der Waals surface area contributed by atoms with Gasteiger partial charge in [-0.2, -0.15) is 0 Å². The monoisotopic (exact) mass is 452 g/mol. The van der Waals surface area contributed by atoms with Crippen LogP contribution >= 0.6 is 11.3 Å². The molecular formula is C23H24N4O4S. The minimum atomic E-state index is -0.359. The van der Waals surface area contributed by atoms with Crippen LogP contribution in [0.15, 0.2) is 52.3 Å². The summed E-state index contributed by atoms with van der Waals surface area (Å²) in [6, 6.07) is 7.34. The van der Waals surface area contributed by atoms with E-state index < -0.39 is 0 Å². The number of aliphatic imine (C=N–C) groups is 1. The third-order valence-electron chi connectivity index (χ3n) is 5.13. The van der Waals surface area contributed by atoms with E-state index in [1.807, 2.05) is 24.3 Å². The van der Waals surface area contributed by atoms with Crippen LogP contribution in [0.2, 0.25) is 0 Å². The Bertz CT molecular complexity index is 1090. The lowest BCUT2D eigenvalue weighted by atomic mass is 10.0. The van der Waals surface area contributed by atoms with Crippen molar-refractivity contribution in [2.75, 3.05) is 18.9 Å². The minimum absolute atomic E-state index is 0.0847. The largest absolute Gasteiger partial charge is 0.469 e. The third-order valence-corrected chi connectivity index (χ3v) is 6.28. The Morgan fingerprint density at radius 3 is 3.03 bits per heavy atom. The molecule has 2 amide bonds. The fraction of sp³-hybridized carbons (Fsp3) is 0.304. The molecule has 32 heavy (non-hydrogen) atoms. The first-order valence-corrected chi connectivity index (χ1v) is 11.1. The lowest BCUT2D eigenvalue weighted by Crippen LogP contribution is -2.35. The number of carbonyl (C=O) groups excluding carboxylic acids is 2. The van der Waals surface area contributed by atoms with Gasteiger partial charge in [0, 0.05) is 61.0 Å². The van der Waals surface area contributed by atoms with E-state index in [0.29, 0.717) is 32.4 Å². The summed E-state index contributed by atoms with van der Waals surface area (Å²) in [6.45, 7) is 1.18. The number of thiophene rings is 1. The lowest BCUT2D eigenvalue weighted by Gasteiger charge is -2.26. The molecule has 0 fully saturated rings. The summed E-state index contributed by atoms with van der Waals surface area (Å²) in [5.41, 5.74) is 2.89. The molecule has 0 unspecified atom stereocenters. The minimum Gasteiger partial charge on any atom is -0.469 e. The summed E-state index contributed by atoms with van der Waals surface area (Å²) < 4.78 is 10.7. The molecule has 166 valence electrons. The molecule has 0 aromatic carbocycles. The van der Waals surface area contributed by atoms with Gasteiger partial charge in [-0.05, 0) is 30.2 Å². The molecule has 4 rings (SSSR count). The van der Waals surface area contributed by atoms with Crippen molar-refractivity contribution in [3.8, 4) is 0 Å². The SMILES string of the molecule is CN=Cc1c(NC(=O)CCc2ccco2)sc2c1CCN(C(=O)OCc1cccnc1)C2. The van der Waals surface area contributed by atoms with Crippen LogP contribution in [0, 0.1) is 0 Å². The summed E-state index contributed by atoms with van der Waals surface area (Å²) in [5.74, 6) is 0.694. The predicted molar refractivity (Wildman–Crippen MR) is 122 cm³/mol. The van der Waals surface area contributed by atoms with E-state index in [2.05, 4.69) is 15.3 Å². The quantitative estimate of drug-likeness (QED) is 0.546. The van der Waals surface area contributed by atoms with E-state index >= 15 is 0 Å². The van der Waals surface area contributed by atoms with Crippen LogP contribution < -0.4 is 5.32 Å². The van der Waals surface area contributed by atoms with Gasteiger partial charge in [-0.3, -0.25) is 14.8 Å². The lowest BCUT2D eigenvalue weighted by molar-refractivity contribution is -0.116. The van der Waals surface area contributed by atoms with Crippen LogP contribution in [0.25, 0.3) is 0 Å². The van der Waals surface area contributed by atoms with Gasteiger partial charge in [0.2, 0.25) is 5.91 Å². The van der Waals surface area contributed by atoms with Gasteiger partial charge < -0.3 is 19.4 Å². The second kappa shape index (κ2) is 10.2. The average molecular weight is 453 g/mol. The molecule has 0 bridgehead atoms. The van der Waals surface area contributed by atoms with Crippen molar-refractivity contribution in [3.05, 3.63) is 70.3 Å². The summed E-state index contributed by atoms with van der Waals surface area (Å²) in [4.78, 5) is 36.0. The van der Waals surface area contributed by atoms with E-state index in [9.17, 15) is 9.59 Å². The Morgan fingerprint density at radius 1 is 1.38 bits per heavy atom. The smallest absolute Gasteiger partial charge is 0.410 e. The number of rotatable bonds is 7. The van der Waals surface area contributed by atoms with Crippen molar-refractivity contribution in [1.29, 1.82) is 0 Å². The van der Waals surface area contributed by atoms with Gasteiger partial charge in [0.25, 0.3) is 0 Å². The highest BCUT2D eigenvalue weighted by atomic mass is 32.1. The van der Waals surface area contributed by atoms with Gasteiger partial charge >= 0.3 is 6.09 Å². The average Bonchev–Trinajstić information content (AvgIpc) is 3.45.